The SMILES string of the molecule is O=C(O)c1c(NS(=O)(=O)c2ccc(Cl)c(C(F)(F)F)c2)ccc2c1CCCC2. The minimum atomic E-state index is -4.83. The van der Waals surface area contributed by atoms with Gasteiger partial charge in [0.1, 0.15) is 0 Å². The Morgan fingerprint density at radius 1 is 1.11 bits per heavy atom. The number of carboxylic acid groups (broad SMARTS) is 1. The van der Waals surface area contributed by atoms with Crippen molar-refractivity contribution in [3.05, 3.63) is 57.6 Å². The summed E-state index contributed by atoms with van der Waals surface area (Å²) in [6.07, 6.45) is -1.97. The molecule has 0 spiro atoms. The summed E-state index contributed by atoms with van der Waals surface area (Å²) >= 11 is 5.52. The molecule has 1 aliphatic carbocycles. The number of nitrogens with one attached hydrogen (secondary N) is 1. The molecular formula is C18H15ClF3NO4S. The molecule has 150 valence electrons. The number of aromatic carboxylic acids is 1. The summed E-state index contributed by atoms with van der Waals surface area (Å²) in [7, 11) is -4.47. The first-order valence-electron chi connectivity index (χ1n) is 8.28. The van der Waals surface area contributed by atoms with E-state index >= 15 is 0 Å². The fourth-order valence-corrected chi connectivity index (χ4v) is 4.57. The van der Waals surface area contributed by atoms with Crippen LogP contribution in [0.5, 0.6) is 0 Å². The van der Waals surface area contributed by atoms with Crippen LogP contribution in [-0.2, 0) is 29.0 Å². The van der Waals surface area contributed by atoms with E-state index in [9.17, 15) is 31.5 Å². The van der Waals surface area contributed by atoms with Crippen molar-refractivity contribution in [2.75, 3.05) is 4.72 Å². The second-order valence-electron chi connectivity index (χ2n) is 6.38. The topological polar surface area (TPSA) is 83.5 Å². The van der Waals surface area contributed by atoms with Gasteiger partial charge in [-0.1, -0.05) is 17.7 Å². The van der Waals surface area contributed by atoms with Gasteiger partial charge in [-0.25, -0.2) is 13.2 Å². The molecule has 0 amide bonds. The van der Waals surface area contributed by atoms with Crippen molar-refractivity contribution in [2.24, 2.45) is 0 Å². The highest BCUT2D eigenvalue weighted by molar-refractivity contribution is 7.92. The molecule has 0 heterocycles. The minimum absolute atomic E-state index is 0.175. The van der Waals surface area contributed by atoms with Gasteiger partial charge in [0.15, 0.2) is 0 Å². The Labute approximate surface area is 164 Å². The van der Waals surface area contributed by atoms with Gasteiger partial charge < -0.3 is 5.11 Å². The molecule has 0 atom stereocenters. The van der Waals surface area contributed by atoms with Gasteiger partial charge >= 0.3 is 12.1 Å². The van der Waals surface area contributed by atoms with Crippen molar-refractivity contribution in [2.45, 2.75) is 36.8 Å². The molecule has 1 aliphatic rings. The summed E-state index contributed by atoms with van der Waals surface area (Å²) in [4.78, 5) is 11.1. The minimum Gasteiger partial charge on any atom is -0.478 e. The highest BCUT2D eigenvalue weighted by atomic mass is 35.5. The number of benzene rings is 2. The molecule has 28 heavy (non-hydrogen) atoms. The van der Waals surface area contributed by atoms with E-state index in [1.54, 1.807) is 6.07 Å². The van der Waals surface area contributed by atoms with Crippen LogP contribution in [0.1, 0.15) is 39.9 Å². The third-order valence-electron chi connectivity index (χ3n) is 4.54. The number of hydrogen-bond acceptors (Lipinski definition) is 3. The van der Waals surface area contributed by atoms with Crippen molar-refractivity contribution < 1.29 is 31.5 Å². The summed E-state index contributed by atoms with van der Waals surface area (Å²) in [5.41, 5.74) is -0.271. The molecule has 0 bridgehead atoms. The van der Waals surface area contributed by atoms with E-state index in [0.29, 0.717) is 24.5 Å². The molecule has 0 fully saturated rings. The van der Waals surface area contributed by atoms with Crippen molar-refractivity contribution in [1.82, 2.24) is 0 Å². The zero-order valence-corrected chi connectivity index (χ0v) is 15.9. The van der Waals surface area contributed by atoms with E-state index < -0.39 is 37.7 Å². The molecule has 0 aliphatic heterocycles. The van der Waals surface area contributed by atoms with E-state index in [2.05, 4.69) is 4.72 Å². The lowest BCUT2D eigenvalue weighted by Crippen LogP contribution is -2.19. The van der Waals surface area contributed by atoms with Crippen molar-refractivity contribution in [1.29, 1.82) is 0 Å². The van der Waals surface area contributed by atoms with Gasteiger partial charge in [0, 0.05) is 0 Å². The fourth-order valence-electron chi connectivity index (χ4n) is 3.25. The zero-order chi connectivity index (χ0) is 20.7. The fraction of sp³-hybridized carbons (Fsp3) is 0.278. The van der Waals surface area contributed by atoms with Gasteiger partial charge in [0.25, 0.3) is 10.0 Å². The van der Waals surface area contributed by atoms with Gasteiger partial charge in [-0.05, 0) is 61.1 Å². The van der Waals surface area contributed by atoms with Gasteiger partial charge in [-0.2, -0.15) is 13.2 Å². The van der Waals surface area contributed by atoms with Crippen LogP contribution in [0.3, 0.4) is 0 Å². The number of alkyl halides is 3. The lowest BCUT2D eigenvalue weighted by molar-refractivity contribution is -0.137. The first kappa shape index (κ1) is 20.5. The second-order valence-corrected chi connectivity index (χ2v) is 8.47. The highest BCUT2D eigenvalue weighted by Gasteiger charge is 2.35. The molecule has 3 rings (SSSR count). The van der Waals surface area contributed by atoms with Crippen LogP contribution in [-0.4, -0.2) is 19.5 Å². The Bertz CT molecular complexity index is 1050. The summed E-state index contributed by atoms with van der Waals surface area (Å²) < 4.78 is 66.4. The number of carboxylic acids is 1. The number of carbonyl (C=O) groups is 1. The number of rotatable bonds is 4. The Morgan fingerprint density at radius 2 is 1.79 bits per heavy atom. The van der Waals surface area contributed by atoms with Crippen molar-refractivity contribution >= 4 is 33.3 Å². The van der Waals surface area contributed by atoms with Gasteiger partial charge in [-0.15, -0.1) is 0 Å². The van der Waals surface area contributed by atoms with E-state index in [4.69, 9.17) is 11.6 Å². The van der Waals surface area contributed by atoms with Gasteiger partial charge in [0.2, 0.25) is 0 Å². The largest absolute Gasteiger partial charge is 0.478 e. The van der Waals surface area contributed by atoms with Crippen molar-refractivity contribution in [3.8, 4) is 0 Å². The third kappa shape index (κ3) is 3.95. The van der Waals surface area contributed by atoms with Crippen LogP contribution in [0.25, 0.3) is 0 Å². The average molecular weight is 434 g/mol. The van der Waals surface area contributed by atoms with Crippen LogP contribution in [0.2, 0.25) is 5.02 Å². The molecule has 0 aromatic heterocycles. The van der Waals surface area contributed by atoms with Gasteiger partial charge in [0.05, 0.1) is 26.7 Å². The molecule has 2 N–H and O–H groups in total. The molecule has 5 nitrogen and oxygen atoms in total. The van der Waals surface area contributed by atoms with Crippen LogP contribution >= 0.6 is 11.6 Å². The molecule has 0 saturated carbocycles. The summed E-state index contributed by atoms with van der Waals surface area (Å²) in [6.45, 7) is 0. The van der Waals surface area contributed by atoms with Crippen LogP contribution in [0.15, 0.2) is 35.2 Å². The number of fused-ring (bicyclic) bond motifs is 1. The predicted octanol–water partition coefficient (Wildman–Crippen LogP) is 4.74. The molecule has 2 aromatic carbocycles. The number of aryl methyl sites for hydroxylation is 1. The van der Waals surface area contributed by atoms with E-state index in [0.717, 1.165) is 30.5 Å². The summed E-state index contributed by atoms with van der Waals surface area (Å²) in [5.74, 6) is -1.30. The zero-order valence-electron chi connectivity index (χ0n) is 14.3. The Morgan fingerprint density at radius 3 is 2.43 bits per heavy atom. The summed E-state index contributed by atoms with van der Waals surface area (Å²) in [5, 5.41) is 8.94. The molecule has 2 aromatic rings. The molecule has 0 radical (unpaired) electrons. The van der Waals surface area contributed by atoms with E-state index in [-0.39, 0.29) is 11.3 Å². The Kier molecular flexibility index (Phi) is 5.33. The second kappa shape index (κ2) is 7.29. The van der Waals surface area contributed by atoms with E-state index in [1.807, 2.05) is 0 Å². The molecule has 0 unspecified atom stereocenters. The first-order valence-corrected chi connectivity index (χ1v) is 10.1. The summed E-state index contributed by atoms with van der Waals surface area (Å²) in [6, 6.07) is 5.15. The van der Waals surface area contributed by atoms with Crippen LogP contribution in [0, 0.1) is 0 Å². The maximum absolute atomic E-state index is 13.0. The molecule has 10 heteroatoms. The predicted molar refractivity (Wildman–Crippen MR) is 97.3 cm³/mol. The number of hydrogen-bond donors (Lipinski definition) is 2. The quantitative estimate of drug-likeness (QED) is 0.729. The number of anilines is 1. The first-order chi connectivity index (χ1) is 13.0. The number of sulfonamides is 1. The van der Waals surface area contributed by atoms with E-state index in [1.165, 1.54) is 6.07 Å². The lowest BCUT2D eigenvalue weighted by Gasteiger charge is -2.21. The standard InChI is InChI=1S/C18H15ClF3NO4S/c19-14-7-6-11(9-13(14)18(20,21)22)28(26,27)23-15-8-5-10-3-1-2-4-12(10)16(15)17(24)25/h5-9,23H,1-4H2,(H,24,25). The highest BCUT2D eigenvalue weighted by Crippen LogP contribution is 2.37. The maximum Gasteiger partial charge on any atom is 0.417 e. The van der Waals surface area contributed by atoms with Crippen LogP contribution < -0.4 is 4.72 Å². The third-order valence-corrected chi connectivity index (χ3v) is 6.24. The Balaban J connectivity index is 2.06. The monoisotopic (exact) mass is 433 g/mol. The normalized spacial score (nSPS) is 14.4. The van der Waals surface area contributed by atoms with Gasteiger partial charge in [-0.3, -0.25) is 4.72 Å². The molecular weight excluding hydrogens is 419 g/mol. The smallest absolute Gasteiger partial charge is 0.417 e. The Hall–Kier alpha value is -2.26. The van der Waals surface area contributed by atoms with Crippen molar-refractivity contribution in [3.63, 3.8) is 0 Å². The maximum atomic E-state index is 13.0. The average Bonchev–Trinajstić information content (AvgIpc) is 2.60. The lowest BCUT2D eigenvalue weighted by atomic mass is 9.87. The van der Waals surface area contributed by atoms with Crippen LogP contribution in [0.4, 0.5) is 18.9 Å². The molecule has 0 saturated heterocycles. The number of halogens is 4.